The van der Waals surface area contributed by atoms with Crippen LogP contribution >= 0.6 is 17.4 Å². The van der Waals surface area contributed by atoms with E-state index in [4.69, 9.17) is 4.52 Å². The Labute approximate surface area is 48.9 Å². The molecule has 0 saturated heterocycles. The Morgan fingerprint density at radius 2 is 2.29 bits per heavy atom. The molecule has 1 nitrogen and oxygen atoms in total. The highest BCUT2D eigenvalue weighted by atomic mass is 31.1. The Kier molecular flexibility index (Phi) is 7.62. The normalized spacial score (nSPS) is 12.9. The summed E-state index contributed by atoms with van der Waals surface area (Å²) in [7, 11) is 1.80. The van der Waals surface area contributed by atoms with Gasteiger partial charge in [0.15, 0.2) is 0 Å². The van der Waals surface area contributed by atoms with Crippen LogP contribution in [0.4, 0.5) is 0 Å². The fraction of sp³-hybridized carbons (Fsp3) is 1.00. The molecule has 7 heavy (non-hydrogen) atoms. The van der Waals surface area contributed by atoms with E-state index in [1.807, 2.05) is 6.92 Å². The van der Waals surface area contributed by atoms with Crippen LogP contribution in [0.5, 0.6) is 0 Å². The van der Waals surface area contributed by atoms with Crippen molar-refractivity contribution in [2.75, 3.05) is 19.2 Å². The van der Waals surface area contributed by atoms with E-state index in [9.17, 15) is 0 Å². The Hall–Kier alpha value is 0.820. The van der Waals surface area contributed by atoms with E-state index < -0.39 is 0 Å². The number of rotatable bonds is 4. The molecule has 0 fully saturated rings. The fourth-order valence-electron chi connectivity index (χ4n) is 0.225. The standard InChI is InChI=1S/C4H12OP2/c1-3-5-7-4-6-2/h6-7H,3-4H2,1-2H3. The van der Waals surface area contributed by atoms with Gasteiger partial charge >= 0.3 is 0 Å². The van der Waals surface area contributed by atoms with Crippen molar-refractivity contribution in [3.8, 4) is 0 Å². The summed E-state index contributed by atoms with van der Waals surface area (Å²) in [6.45, 7) is 5.11. The number of hydrogen-bond acceptors (Lipinski definition) is 1. The molecule has 0 aliphatic rings. The van der Waals surface area contributed by atoms with Gasteiger partial charge in [-0.05, 0) is 13.6 Å². The van der Waals surface area contributed by atoms with Crippen LogP contribution in [0.3, 0.4) is 0 Å². The molecule has 0 rings (SSSR count). The molecule has 0 aliphatic carbocycles. The molecule has 0 aliphatic heterocycles. The number of hydrogen-bond donors (Lipinski definition) is 0. The van der Waals surface area contributed by atoms with Gasteiger partial charge in [0.2, 0.25) is 0 Å². The first-order chi connectivity index (χ1) is 3.41. The second-order valence-electron chi connectivity index (χ2n) is 1.11. The van der Waals surface area contributed by atoms with Crippen molar-refractivity contribution in [3.05, 3.63) is 0 Å². The molecule has 0 aromatic heterocycles. The van der Waals surface area contributed by atoms with Gasteiger partial charge in [0, 0.05) is 21.3 Å². The summed E-state index contributed by atoms with van der Waals surface area (Å²) in [6, 6.07) is 0. The summed E-state index contributed by atoms with van der Waals surface area (Å²) in [4.78, 5) is 0. The SMILES string of the molecule is CCOPCPC. The van der Waals surface area contributed by atoms with Crippen molar-refractivity contribution in [1.29, 1.82) is 0 Å². The Bertz CT molecular complexity index is 28.9. The molecular formula is C4H12OP2. The Morgan fingerprint density at radius 3 is 2.71 bits per heavy atom. The minimum atomic E-state index is 0.745. The van der Waals surface area contributed by atoms with Gasteiger partial charge in [-0.15, -0.1) is 8.58 Å². The van der Waals surface area contributed by atoms with Gasteiger partial charge in [0.05, 0.1) is 0 Å². The molecule has 0 aromatic rings. The first-order valence-corrected chi connectivity index (χ1v) is 5.23. The van der Waals surface area contributed by atoms with Gasteiger partial charge in [-0.1, -0.05) is 0 Å². The van der Waals surface area contributed by atoms with Crippen LogP contribution in [0.25, 0.3) is 0 Å². The molecule has 0 saturated carbocycles. The summed E-state index contributed by atoms with van der Waals surface area (Å²) in [5.41, 5.74) is 0. The van der Waals surface area contributed by atoms with Crippen molar-refractivity contribution in [1.82, 2.24) is 0 Å². The van der Waals surface area contributed by atoms with Crippen LogP contribution in [0, 0.1) is 0 Å². The van der Waals surface area contributed by atoms with E-state index in [0.29, 0.717) is 0 Å². The van der Waals surface area contributed by atoms with Crippen molar-refractivity contribution in [2.45, 2.75) is 6.92 Å². The summed E-state index contributed by atoms with van der Waals surface area (Å²) in [5, 5.41) is 0. The largest absolute Gasteiger partial charge is 0.362 e. The maximum absolute atomic E-state index is 5.11. The van der Waals surface area contributed by atoms with Gasteiger partial charge in [-0.2, -0.15) is 0 Å². The van der Waals surface area contributed by atoms with Crippen molar-refractivity contribution in [2.24, 2.45) is 0 Å². The van der Waals surface area contributed by atoms with Gasteiger partial charge in [0.1, 0.15) is 0 Å². The third kappa shape index (κ3) is 6.82. The van der Waals surface area contributed by atoms with Crippen LogP contribution in [-0.4, -0.2) is 19.2 Å². The fourth-order valence-corrected chi connectivity index (χ4v) is 1.41. The zero-order chi connectivity index (χ0) is 5.54. The first kappa shape index (κ1) is 7.82. The average Bonchev–Trinajstić information content (AvgIpc) is 1.69. The molecule has 0 amide bonds. The zero-order valence-corrected chi connectivity index (χ0v) is 6.82. The lowest BCUT2D eigenvalue weighted by Gasteiger charge is -1.94. The summed E-state index contributed by atoms with van der Waals surface area (Å²) < 4.78 is 5.11. The molecule has 3 heteroatoms. The maximum Gasteiger partial charge on any atom is 0.0477 e. The predicted octanol–water partition coefficient (Wildman–Crippen LogP) is 1.88. The second kappa shape index (κ2) is 6.82. The Balaban J connectivity index is 2.45. The topological polar surface area (TPSA) is 9.23 Å². The first-order valence-electron chi connectivity index (χ1n) is 2.41. The lowest BCUT2D eigenvalue weighted by molar-refractivity contribution is 0.391. The van der Waals surface area contributed by atoms with Crippen LogP contribution in [0.1, 0.15) is 6.92 Å². The molecule has 0 radical (unpaired) electrons. The molecule has 0 spiro atoms. The summed E-state index contributed by atoms with van der Waals surface area (Å²) >= 11 is 0. The minimum absolute atomic E-state index is 0.745. The monoisotopic (exact) mass is 138 g/mol. The van der Waals surface area contributed by atoms with Gasteiger partial charge in [0.25, 0.3) is 0 Å². The summed E-state index contributed by atoms with van der Waals surface area (Å²) in [5.74, 6) is 1.26. The van der Waals surface area contributed by atoms with E-state index in [1.54, 1.807) is 0 Å². The van der Waals surface area contributed by atoms with Gasteiger partial charge in [-0.25, -0.2) is 0 Å². The third-order valence-electron chi connectivity index (χ3n) is 0.495. The molecule has 0 N–H and O–H groups in total. The van der Waals surface area contributed by atoms with E-state index in [0.717, 1.165) is 24.0 Å². The summed E-state index contributed by atoms with van der Waals surface area (Å²) in [6.07, 6.45) is 0. The third-order valence-corrected chi connectivity index (χ3v) is 2.98. The van der Waals surface area contributed by atoms with Crippen LogP contribution in [0.15, 0.2) is 0 Å². The lowest BCUT2D eigenvalue weighted by Crippen LogP contribution is -1.72. The highest BCUT2D eigenvalue weighted by molar-refractivity contribution is 7.53. The van der Waals surface area contributed by atoms with Gasteiger partial charge in [-0.3, -0.25) is 0 Å². The molecule has 2 atom stereocenters. The van der Waals surface area contributed by atoms with Crippen LogP contribution in [0.2, 0.25) is 0 Å². The van der Waals surface area contributed by atoms with Gasteiger partial charge < -0.3 is 4.52 Å². The van der Waals surface area contributed by atoms with Crippen molar-refractivity contribution < 1.29 is 4.52 Å². The van der Waals surface area contributed by atoms with Crippen LogP contribution in [-0.2, 0) is 4.52 Å². The average molecular weight is 138 g/mol. The van der Waals surface area contributed by atoms with E-state index in [-0.39, 0.29) is 0 Å². The molecule has 44 valence electrons. The predicted molar refractivity (Wildman–Crippen MR) is 39.0 cm³/mol. The maximum atomic E-state index is 5.11. The van der Waals surface area contributed by atoms with Crippen molar-refractivity contribution >= 4 is 17.4 Å². The molecule has 0 bridgehead atoms. The molecule has 0 aromatic carbocycles. The second-order valence-corrected chi connectivity index (χ2v) is 3.81. The highest BCUT2D eigenvalue weighted by Gasteiger charge is 1.78. The smallest absolute Gasteiger partial charge is 0.0477 e. The molecular weight excluding hydrogens is 126 g/mol. The molecule has 2 unspecified atom stereocenters. The quantitative estimate of drug-likeness (QED) is 0.425. The van der Waals surface area contributed by atoms with E-state index >= 15 is 0 Å². The minimum Gasteiger partial charge on any atom is -0.362 e. The zero-order valence-electron chi connectivity index (χ0n) is 4.82. The van der Waals surface area contributed by atoms with Crippen LogP contribution < -0.4 is 0 Å². The molecule has 0 heterocycles. The van der Waals surface area contributed by atoms with E-state index in [1.165, 1.54) is 5.90 Å². The van der Waals surface area contributed by atoms with Crippen molar-refractivity contribution in [3.63, 3.8) is 0 Å². The van der Waals surface area contributed by atoms with E-state index in [2.05, 4.69) is 6.66 Å². The highest BCUT2D eigenvalue weighted by Crippen LogP contribution is 2.20. The Morgan fingerprint density at radius 1 is 1.57 bits per heavy atom. The lowest BCUT2D eigenvalue weighted by atomic mass is 10.9.